The standard InChI is InChI=1S/C17H25N3OS.ClH/c18-9-8-14-5-3-4-10-19(14)13-17(21)20-11-12-22-16-7-2-1-6-15(16)20;/h1-2,6-7,14H,3-5,8-13,18H2;1H. The SMILES string of the molecule is Cl.NCCC1CCCCN1CC(=O)N1CCSc2ccccc21. The molecule has 1 saturated heterocycles. The highest BCUT2D eigenvalue weighted by molar-refractivity contribution is 7.99. The largest absolute Gasteiger partial charge is 0.330 e. The number of nitrogens with zero attached hydrogens (tertiary/aromatic N) is 2. The van der Waals surface area contributed by atoms with E-state index in [-0.39, 0.29) is 18.3 Å². The molecule has 1 amide bonds. The molecule has 4 nitrogen and oxygen atoms in total. The van der Waals surface area contributed by atoms with E-state index in [4.69, 9.17) is 5.73 Å². The molecule has 1 atom stereocenters. The van der Waals surface area contributed by atoms with Crippen LogP contribution >= 0.6 is 24.2 Å². The van der Waals surface area contributed by atoms with Gasteiger partial charge in [0.2, 0.25) is 5.91 Å². The van der Waals surface area contributed by atoms with Gasteiger partial charge >= 0.3 is 0 Å². The van der Waals surface area contributed by atoms with Crippen molar-refractivity contribution in [2.24, 2.45) is 5.73 Å². The summed E-state index contributed by atoms with van der Waals surface area (Å²) < 4.78 is 0. The average Bonchev–Trinajstić information content (AvgIpc) is 2.56. The van der Waals surface area contributed by atoms with Crippen LogP contribution in [0, 0.1) is 0 Å². The van der Waals surface area contributed by atoms with Gasteiger partial charge < -0.3 is 10.6 Å². The Morgan fingerprint density at radius 3 is 2.91 bits per heavy atom. The molecule has 0 radical (unpaired) electrons. The zero-order valence-electron chi connectivity index (χ0n) is 13.4. The number of carbonyl (C=O) groups is 1. The summed E-state index contributed by atoms with van der Waals surface area (Å²) in [5.41, 5.74) is 6.81. The van der Waals surface area contributed by atoms with Crippen molar-refractivity contribution >= 4 is 35.8 Å². The predicted molar refractivity (Wildman–Crippen MR) is 99.7 cm³/mol. The summed E-state index contributed by atoms with van der Waals surface area (Å²) in [4.78, 5) is 18.4. The molecule has 1 aromatic rings. The van der Waals surface area contributed by atoms with E-state index in [9.17, 15) is 4.79 Å². The maximum Gasteiger partial charge on any atom is 0.241 e. The fourth-order valence-electron chi connectivity index (χ4n) is 3.48. The third kappa shape index (κ3) is 4.41. The van der Waals surface area contributed by atoms with Crippen molar-refractivity contribution in [3.05, 3.63) is 24.3 Å². The molecule has 1 aromatic carbocycles. The molecule has 0 aliphatic carbocycles. The van der Waals surface area contributed by atoms with Crippen molar-refractivity contribution in [1.82, 2.24) is 4.90 Å². The van der Waals surface area contributed by atoms with Crippen molar-refractivity contribution in [3.63, 3.8) is 0 Å². The smallest absolute Gasteiger partial charge is 0.241 e. The van der Waals surface area contributed by atoms with E-state index >= 15 is 0 Å². The summed E-state index contributed by atoms with van der Waals surface area (Å²) in [6.45, 7) is 3.08. The van der Waals surface area contributed by atoms with Gasteiger partial charge in [0.1, 0.15) is 0 Å². The molecule has 6 heteroatoms. The van der Waals surface area contributed by atoms with E-state index < -0.39 is 0 Å². The summed E-state index contributed by atoms with van der Waals surface area (Å²) in [6.07, 6.45) is 4.63. The van der Waals surface area contributed by atoms with Crippen molar-refractivity contribution in [3.8, 4) is 0 Å². The Labute approximate surface area is 149 Å². The lowest BCUT2D eigenvalue weighted by atomic mass is 9.99. The lowest BCUT2D eigenvalue weighted by molar-refractivity contribution is -0.120. The molecule has 23 heavy (non-hydrogen) atoms. The van der Waals surface area contributed by atoms with Crippen molar-refractivity contribution < 1.29 is 4.79 Å². The van der Waals surface area contributed by atoms with Crippen LogP contribution in [-0.4, -0.2) is 48.8 Å². The molecule has 0 bridgehead atoms. The van der Waals surface area contributed by atoms with Gasteiger partial charge in [-0.2, -0.15) is 0 Å². The van der Waals surface area contributed by atoms with E-state index in [1.807, 2.05) is 28.8 Å². The van der Waals surface area contributed by atoms with Gasteiger partial charge in [-0.15, -0.1) is 24.2 Å². The molecule has 3 rings (SSSR count). The number of hydrogen-bond acceptors (Lipinski definition) is 4. The van der Waals surface area contributed by atoms with Crippen LogP contribution < -0.4 is 10.6 Å². The Morgan fingerprint density at radius 2 is 2.09 bits per heavy atom. The van der Waals surface area contributed by atoms with Gasteiger partial charge in [0.05, 0.1) is 12.2 Å². The van der Waals surface area contributed by atoms with E-state index in [1.165, 1.54) is 24.2 Å². The van der Waals surface area contributed by atoms with Crippen LogP contribution in [0.3, 0.4) is 0 Å². The zero-order valence-corrected chi connectivity index (χ0v) is 15.1. The Balaban J connectivity index is 0.00000192. The number of rotatable bonds is 4. The van der Waals surface area contributed by atoms with Crippen LogP contribution in [0.15, 0.2) is 29.2 Å². The first kappa shape index (κ1) is 18.6. The van der Waals surface area contributed by atoms with Crippen LogP contribution in [0.1, 0.15) is 25.7 Å². The first-order valence-corrected chi connectivity index (χ1v) is 9.24. The van der Waals surface area contributed by atoms with Gasteiger partial charge in [-0.05, 0) is 44.5 Å². The maximum atomic E-state index is 12.8. The Kier molecular flexibility index (Phi) is 7.21. The molecular formula is C17H26ClN3OS. The summed E-state index contributed by atoms with van der Waals surface area (Å²) in [5.74, 6) is 1.21. The topological polar surface area (TPSA) is 49.6 Å². The number of piperidine rings is 1. The number of para-hydroxylation sites is 1. The minimum Gasteiger partial charge on any atom is -0.330 e. The van der Waals surface area contributed by atoms with Crippen LogP contribution in [0.2, 0.25) is 0 Å². The first-order valence-electron chi connectivity index (χ1n) is 8.26. The molecule has 2 aliphatic heterocycles. The predicted octanol–water partition coefficient (Wildman–Crippen LogP) is 2.75. The number of amides is 1. The number of anilines is 1. The van der Waals surface area contributed by atoms with Gasteiger partial charge in [-0.3, -0.25) is 9.69 Å². The lowest BCUT2D eigenvalue weighted by Gasteiger charge is -2.37. The van der Waals surface area contributed by atoms with Crippen LogP contribution in [-0.2, 0) is 4.79 Å². The monoisotopic (exact) mass is 355 g/mol. The van der Waals surface area contributed by atoms with E-state index in [0.29, 0.717) is 19.1 Å². The molecular weight excluding hydrogens is 330 g/mol. The molecule has 128 valence electrons. The molecule has 1 fully saturated rings. The highest BCUT2D eigenvalue weighted by Gasteiger charge is 2.28. The van der Waals surface area contributed by atoms with Gasteiger partial charge in [0.25, 0.3) is 0 Å². The van der Waals surface area contributed by atoms with E-state index in [0.717, 1.165) is 31.0 Å². The third-order valence-electron chi connectivity index (χ3n) is 4.62. The van der Waals surface area contributed by atoms with Gasteiger partial charge in [-0.25, -0.2) is 0 Å². The average molecular weight is 356 g/mol. The third-order valence-corrected chi connectivity index (χ3v) is 5.66. The molecule has 2 N–H and O–H groups in total. The number of fused-ring (bicyclic) bond motifs is 1. The highest BCUT2D eigenvalue weighted by atomic mass is 35.5. The Bertz CT molecular complexity index is 526. The number of benzene rings is 1. The fraction of sp³-hybridized carbons (Fsp3) is 0.588. The second-order valence-electron chi connectivity index (χ2n) is 6.06. The van der Waals surface area contributed by atoms with E-state index in [2.05, 4.69) is 17.0 Å². The highest BCUT2D eigenvalue weighted by Crippen LogP contribution is 2.34. The molecule has 0 aromatic heterocycles. The summed E-state index contributed by atoms with van der Waals surface area (Å²) in [6, 6.07) is 8.71. The fourth-order valence-corrected chi connectivity index (χ4v) is 4.47. The second-order valence-corrected chi connectivity index (χ2v) is 7.20. The first-order chi connectivity index (χ1) is 10.8. The van der Waals surface area contributed by atoms with Crippen LogP contribution in [0.5, 0.6) is 0 Å². The van der Waals surface area contributed by atoms with Crippen molar-refractivity contribution in [1.29, 1.82) is 0 Å². The van der Waals surface area contributed by atoms with Gasteiger partial charge in [-0.1, -0.05) is 18.6 Å². The van der Waals surface area contributed by atoms with Gasteiger partial charge in [0, 0.05) is 23.2 Å². The summed E-state index contributed by atoms with van der Waals surface area (Å²) in [5, 5.41) is 0. The Morgan fingerprint density at radius 1 is 1.26 bits per heavy atom. The Hall–Kier alpha value is -0.750. The number of likely N-dealkylation sites (tertiary alicyclic amines) is 1. The molecule has 2 aliphatic rings. The summed E-state index contributed by atoms with van der Waals surface area (Å²) >= 11 is 1.84. The van der Waals surface area contributed by atoms with Crippen molar-refractivity contribution in [2.75, 3.05) is 36.8 Å². The number of nitrogens with two attached hydrogens (primary N) is 1. The molecule has 2 heterocycles. The van der Waals surface area contributed by atoms with E-state index in [1.54, 1.807) is 0 Å². The zero-order chi connectivity index (χ0) is 15.4. The van der Waals surface area contributed by atoms with Crippen molar-refractivity contribution in [2.45, 2.75) is 36.6 Å². The number of hydrogen-bond donors (Lipinski definition) is 1. The maximum absolute atomic E-state index is 12.8. The van der Waals surface area contributed by atoms with Gasteiger partial charge in [0.15, 0.2) is 0 Å². The minimum absolute atomic E-state index is 0. The normalized spacial score (nSPS) is 21.4. The molecule has 0 spiro atoms. The quantitative estimate of drug-likeness (QED) is 0.902. The second kappa shape index (κ2) is 8.92. The molecule has 0 saturated carbocycles. The minimum atomic E-state index is 0. The molecule has 1 unspecified atom stereocenters. The van der Waals surface area contributed by atoms with Crippen LogP contribution in [0.4, 0.5) is 5.69 Å². The summed E-state index contributed by atoms with van der Waals surface area (Å²) in [7, 11) is 0. The number of carbonyl (C=O) groups excluding carboxylic acids is 1. The number of thioether (sulfide) groups is 1. The van der Waals surface area contributed by atoms with Crippen LogP contribution in [0.25, 0.3) is 0 Å². The lowest BCUT2D eigenvalue weighted by Crippen LogP contribution is -2.48. The number of halogens is 1.